The predicted octanol–water partition coefficient (Wildman–Crippen LogP) is 5.56. The van der Waals surface area contributed by atoms with Gasteiger partial charge in [0.2, 0.25) is 12.7 Å². The number of benzene rings is 4. The van der Waals surface area contributed by atoms with Crippen LogP contribution < -0.4 is 9.47 Å². The van der Waals surface area contributed by atoms with Crippen molar-refractivity contribution in [2.24, 2.45) is 0 Å². The van der Waals surface area contributed by atoms with Crippen LogP contribution in [0.15, 0.2) is 109 Å². The highest BCUT2D eigenvalue weighted by Crippen LogP contribution is 2.33. The third-order valence-electron chi connectivity index (χ3n) is 6.75. The standard InChI is InChI=1S/C33H31NO5/c35-32(21-25-10-4-1-5-11-25)34(19-18-27-16-17-30-31(20-27)39-24-38-30)29(28-14-8-3-9-15-28)23-37-33(36)22-26-12-6-2-7-13-26/h1-17,20,29H,18-19,21-24H2/t29-/m1/s1. The van der Waals surface area contributed by atoms with E-state index >= 15 is 0 Å². The van der Waals surface area contributed by atoms with Crippen LogP contribution in [0.25, 0.3) is 0 Å². The number of rotatable bonds is 11. The lowest BCUT2D eigenvalue weighted by molar-refractivity contribution is -0.148. The minimum absolute atomic E-state index is 0.0325. The molecule has 4 aromatic rings. The number of fused-ring (bicyclic) bond motifs is 1. The van der Waals surface area contributed by atoms with Gasteiger partial charge in [-0.15, -0.1) is 0 Å². The van der Waals surface area contributed by atoms with E-state index in [1.807, 2.05) is 114 Å². The van der Waals surface area contributed by atoms with Gasteiger partial charge in [0.15, 0.2) is 11.5 Å². The highest BCUT2D eigenvalue weighted by Gasteiger charge is 2.27. The summed E-state index contributed by atoms with van der Waals surface area (Å²) >= 11 is 0. The Kier molecular flexibility index (Phi) is 8.54. The molecule has 198 valence electrons. The molecule has 0 aromatic heterocycles. The van der Waals surface area contributed by atoms with Crippen molar-refractivity contribution in [1.82, 2.24) is 4.90 Å². The van der Waals surface area contributed by atoms with E-state index in [1.54, 1.807) is 0 Å². The molecule has 0 fully saturated rings. The fourth-order valence-electron chi connectivity index (χ4n) is 4.70. The van der Waals surface area contributed by atoms with Crippen LogP contribution in [0.1, 0.15) is 28.3 Å². The Morgan fingerprint density at radius 3 is 2.03 bits per heavy atom. The maximum atomic E-state index is 13.8. The first-order valence-corrected chi connectivity index (χ1v) is 13.1. The fraction of sp³-hybridized carbons (Fsp3) is 0.212. The molecule has 0 radical (unpaired) electrons. The molecule has 4 aromatic carbocycles. The third kappa shape index (κ3) is 7.05. The van der Waals surface area contributed by atoms with E-state index < -0.39 is 6.04 Å². The molecule has 0 N–H and O–H groups in total. The van der Waals surface area contributed by atoms with Gasteiger partial charge < -0.3 is 19.1 Å². The topological polar surface area (TPSA) is 65.1 Å². The molecule has 0 bridgehead atoms. The number of ether oxygens (including phenoxy) is 3. The summed E-state index contributed by atoms with van der Waals surface area (Å²) in [7, 11) is 0. The molecular formula is C33H31NO5. The number of amides is 1. The fourth-order valence-corrected chi connectivity index (χ4v) is 4.70. The molecule has 39 heavy (non-hydrogen) atoms. The van der Waals surface area contributed by atoms with Crippen molar-refractivity contribution in [2.45, 2.75) is 25.3 Å². The van der Waals surface area contributed by atoms with Gasteiger partial charge >= 0.3 is 5.97 Å². The number of carbonyl (C=O) groups is 2. The van der Waals surface area contributed by atoms with Crippen LogP contribution in [-0.4, -0.2) is 36.7 Å². The monoisotopic (exact) mass is 521 g/mol. The van der Waals surface area contributed by atoms with Crippen LogP contribution in [0.4, 0.5) is 0 Å². The van der Waals surface area contributed by atoms with Crippen LogP contribution >= 0.6 is 0 Å². The molecule has 1 amide bonds. The molecular weight excluding hydrogens is 490 g/mol. The lowest BCUT2D eigenvalue weighted by atomic mass is 10.0. The van der Waals surface area contributed by atoms with Crippen molar-refractivity contribution >= 4 is 11.9 Å². The average Bonchev–Trinajstić information content (AvgIpc) is 3.44. The summed E-state index contributed by atoms with van der Waals surface area (Å²) in [6.45, 7) is 0.726. The van der Waals surface area contributed by atoms with Crippen molar-refractivity contribution in [1.29, 1.82) is 0 Å². The first-order valence-electron chi connectivity index (χ1n) is 13.1. The second kappa shape index (κ2) is 12.8. The number of hydrogen-bond donors (Lipinski definition) is 0. The van der Waals surface area contributed by atoms with E-state index in [4.69, 9.17) is 14.2 Å². The first kappa shape index (κ1) is 26.0. The average molecular weight is 522 g/mol. The van der Waals surface area contributed by atoms with Gasteiger partial charge in [0.05, 0.1) is 18.9 Å². The summed E-state index contributed by atoms with van der Waals surface area (Å²) in [6, 6.07) is 34.4. The largest absolute Gasteiger partial charge is 0.463 e. The molecule has 1 heterocycles. The smallest absolute Gasteiger partial charge is 0.310 e. The Morgan fingerprint density at radius 2 is 1.33 bits per heavy atom. The Hall–Kier alpha value is -4.58. The molecule has 0 aliphatic carbocycles. The van der Waals surface area contributed by atoms with Crippen LogP contribution in [0.3, 0.4) is 0 Å². The molecule has 0 spiro atoms. The van der Waals surface area contributed by atoms with Gasteiger partial charge in [0.1, 0.15) is 6.61 Å². The summed E-state index contributed by atoms with van der Waals surface area (Å²) in [6.07, 6.45) is 1.04. The van der Waals surface area contributed by atoms with Crippen LogP contribution in [0.2, 0.25) is 0 Å². The second-order valence-electron chi connectivity index (χ2n) is 9.46. The highest BCUT2D eigenvalue weighted by molar-refractivity contribution is 5.79. The van der Waals surface area contributed by atoms with Gasteiger partial charge in [-0.25, -0.2) is 0 Å². The molecule has 5 rings (SSSR count). The summed E-state index contributed by atoms with van der Waals surface area (Å²) in [4.78, 5) is 28.4. The third-order valence-corrected chi connectivity index (χ3v) is 6.75. The zero-order chi connectivity index (χ0) is 26.9. The molecule has 6 heteroatoms. The van der Waals surface area contributed by atoms with Gasteiger partial charge in [-0.05, 0) is 40.8 Å². The minimum Gasteiger partial charge on any atom is -0.463 e. The van der Waals surface area contributed by atoms with E-state index in [9.17, 15) is 9.59 Å². The summed E-state index contributed by atoms with van der Waals surface area (Å²) < 4.78 is 16.8. The molecule has 0 saturated heterocycles. The lowest BCUT2D eigenvalue weighted by Gasteiger charge is -2.32. The zero-order valence-electron chi connectivity index (χ0n) is 21.7. The van der Waals surface area contributed by atoms with E-state index in [2.05, 4.69) is 0 Å². The molecule has 1 aliphatic heterocycles. The van der Waals surface area contributed by atoms with E-state index in [0.717, 1.165) is 28.0 Å². The molecule has 1 atom stereocenters. The maximum absolute atomic E-state index is 13.8. The Bertz CT molecular complexity index is 1380. The maximum Gasteiger partial charge on any atom is 0.310 e. The van der Waals surface area contributed by atoms with E-state index in [1.165, 1.54) is 0 Å². The number of hydrogen-bond acceptors (Lipinski definition) is 5. The van der Waals surface area contributed by atoms with Gasteiger partial charge in [0.25, 0.3) is 0 Å². The van der Waals surface area contributed by atoms with Crippen LogP contribution in [0.5, 0.6) is 11.5 Å². The number of nitrogens with zero attached hydrogens (tertiary/aromatic N) is 1. The molecule has 0 unspecified atom stereocenters. The summed E-state index contributed by atoms with van der Waals surface area (Å²) in [5.74, 6) is 1.08. The van der Waals surface area contributed by atoms with Crippen molar-refractivity contribution in [3.05, 3.63) is 131 Å². The van der Waals surface area contributed by atoms with Crippen molar-refractivity contribution < 1.29 is 23.8 Å². The minimum atomic E-state index is -0.434. The number of carbonyl (C=O) groups excluding carboxylic acids is 2. The summed E-state index contributed by atoms with van der Waals surface area (Å²) in [5.41, 5.74) is 3.77. The number of esters is 1. The SMILES string of the molecule is O=C(Cc1ccccc1)OC[C@H](c1ccccc1)N(CCc1ccc2c(c1)OCO2)C(=O)Cc1ccccc1. The highest BCUT2D eigenvalue weighted by atomic mass is 16.7. The molecule has 0 saturated carbocycles. The second-order valence-corrected chi connectivity index (χ2v) is 9.46. The Balaban J connectivity index is 1.37. The van der Waals surface area contributed by atoms with Crippen LogP contribution in [-0.2, 0) is 33.6 Å². The summed E-state index contributed by atoms with van der Waals surface area (Å²) in [5, 5.41) is 0. The van der Waals surface area contributed by atoms with Gasteiger partial charge in [-0.2, -0.15) is 0 Å². The van der Waals surface area contributed by atoms with Crippen molar-refractivity contribution in [2.75, 3.05) is 19.9 Å². The molecule has 6 nitrogen and oxygen atoms in total. The van der Waals surface area contributed by atoms with Gasteiger partial charge in [0, 0.05) is 6.54 Å². The van der Waals surface area contributed by atoms with Crippen molar-refractivity contribution in [3.63, 3.8) is 0 Å². The zero-order valence-corrected chi connectivity index (χ0v) is 21.7. The van der Waals surface area contributed by atoms with E-state index in [0.29, 0.717) is 18.7 Å². The Morgan fingerprint density at radius 1 is 0.718 bits per heavy atom. The predicted molar refractivity (Wildman–Crippen MR) is 148 cm³/mol. The van der Waals surface area contributed by atoms with Gasteiger partial charge in [-0.3, -0.25) is 9.59 Å². The quantitative estimate of drug-likeness (QED) is 0.242. The lowest BCUT2D eigenvalue weighted by Crippen LogP contribution is -2.40. The Labute approximate surface area is 228 Å². The van der Waals surface area contributed by atoms with E-state index in [-0.39, 0.29) is 38.1 Å². The normalized spacial score (nSPS) is 12.5. The van der Waals surface area contributed by atoms with Crippen molar-refractivity contribution in [3.8, 4) is 11.5 Å². The van der Waals surface area contributed by atoms with Gasteiger partial charge in [-0.1, -0.05) is 97.1 Å². The van der Waals surface area contributed by atoms with Crippen LogP contribution in [0, 0.1) is 0 Å². The first-order chi connectivity index (χ1) is 19.2. The molecule has 1 aliphatic rings.